The van der Waals surface area contributed by atoms with Crippen molar-refractivity contribution < 1.29 is 0 Å². The number of nitrogens with zero attached hydrogens (tertiary/aromatic N) is 4. The third-order valence-corrected chi connectivity index (χ3v) is 3.11. The summed E-state index contributed by atoms with van der Waals surface area (Å²) in [6.07, 6.45) is 0. The van der Waals surface area contributed by atoms with Crippen LogP contribution in [0.4, 0.5) is 5.69 Å². The highest BCUT2D eigenvalue weighted by Crippen LogP contribution is 2.20. The molecule has 0 N–H and O–H groups in total. The van der Waals surface area contributed by atoms with E-state index < -0.39 is 0 Å². The van der Waals surface area contributed by atoms with Gasteiger partial charge in [0.15, 0.2) is 0 Å². The van der Waals surface area contributed by atoms with E-state index in [1.165, 1.54) is 0 Å². The van der Waals surface area contributed by atoms with Crippen LogP contribution >= 0.6 is 0 Å². The van der Waals surface area contributed by atoms with Crippen LogP contribution in [0, 0.1) is 22.7 Å². The summed E-state index contributed by atoms with van der Waals surface area (Å²) in [6.45, 7) is 3.99. The van der Waals surface area contributed by atoms with Crippen molar-refractivity contribution in [1.29, 1.82) is 10.5 Å². The summed E-state index contributed by atoms with van der Waals surface area (Å²) in [6, 6.07) is 9.57. The van der Waals surface area contributed by atoms with Crippen molar-refractivity contribution in [2.75, 3.05) is 38.1 Å². The molecule has 86 valence electrons. The van der Waals surface area contributed by atoms with Gasteiger partial charge >= 0.3 is 0 Å². The number of piperazine rings is 1. The fourth-order valence-corrected chi connectivity index (χ4v) is 1.98. The van der Waals surface area contributed by atoms with Gasteiger partial charge in [-0.25, -0.2) is 0 Å². The molecule has 0 radical (unpaired) electrons. The topological polar surface area (TPSA) is 54.1 Å². The number of likely N-dealkylation sites (N-methyl/N-ethyl adjacent to an activating group) is 1. The third-order valence-electron chi connectivity index (χ3n) is 3.11. The van der Waals surface area contributed by atoms with E-state index in [1.807, 2.05) is 18.2 Å². The van der Waals surface area contributed by atoms with Crippen LogP contribution in [0.5, 0.6) is 0 Å². The minimum atomic E-state index is 0.449. The van der Waals surface area contributed by atoms with E-state index in [9.17, 15) is 0 Å². The van der Waals surface area contributed by atoms with Crippen LogP contribution in [0.15, 0.2) is 18.2 Å². The van der Waals surface area contributed by atoms with Gasteiger partial charge in [-0.3, -0.25) is 0 Å². The lowest BCUT2D eigenvalue weighted by Gasteiger charge is -2.34. The summed E-state index contributed by atoms with van der Waals surface area (Å²) >= 11 is 0. The summed E-state index contributed by atoms with van der Waals surface area (Å²) in [5.41, 5.74) is 1.95. The van der Waals surface area contributed by atoms with E-state index in [0.29, 0.717) is 11.1 Å². The molecule has 1 aliphatic heterocycles. The highest BCUT2D eigenvalue weighted by atomic mass is 15.2. The SMILES string of the molecule is CN1CCN(c2ccc(C#N)c(C#N)c2)CC1. The van der Waals surface area contributed by atoms with Crippen LogP contribution in [0.25, 0.3) is 0 Å². The molecule has 0 bridgehead atoms. The quantitative estimate of drug-likeness (QED) is 0.721. The Morgan fingerprint density at radius 2 is 1.65 bits per heavy atom. The van der Waals surface area contributed by atoms with E-state index in [-0.39, 0.29) is 0 Å². The van der Waals surface area contributed by atoms with Gasteiger partial charge in [-0.05, 0) is 25.2 Å². The molecule has 1 aromatic rings. The molecule has 1 heterocycles. The Morgan fingerprint density at radius 1 is 1.00 bits per heavy atom. The van der Waals surface area contributed by atoms with Crippen LogP contribution < -0.4 is 4.90 Å². The van der Waals surface area contributed by atoms with Gasteiger partial charge in [0.2, 0.25) is 0 Å². The molecule has 1 saturated heterocycles. The van der Waals surface area contributed by atoms with Crippen LogP contribution in [0.3, 0.4) is 0 Å². The molecule has 0 unspecified atom stereocenters. The Labute approximate surface area is 101 Å². The predicted molar refractivity (Wildman–Crippen MR) is 65.6 cm³/mol. The van der Waals surface area contributed by atoms with Gasteiger partial charge in [-0.1, -0.05) is 0 Å². The zero-order chi connectivity index (χ0) is 12.3. The summed E-state index contributed by atoms with van der Waals surface area (Å²) in [5.74, 6) is 0. The van der Waals surface area contributed by atoms with Crippen LogP contribution in [0.1, 0.15) is 11.1 Å². The van der Waals surface area contributed by atoms with E-state index >= 15 is 0 Å². The molecule has 4 nitrogen and oxygen atoms in total. The second-order valence-electron chi connectivity index (χ2n) is 4.24. The predicted octanol–water partition coefficient (Wildman–Crippen LogP) is 1.18. The standard InChI is InChI=1S/C13H14N4/c1-16-4-6-17(7-5-16)13-3-2-11(9-14)12(8-13)10-15/h2-3,8H,4-7H2,1H3. The average Bonchev–Trinajstić information content (AvgIpc) is 2.39. The highest BCUT2D eigenvalue weighted by Gasteiger charge is 2.15. The largest absolute Gasteiger partial charge is 0.369 e. The molecule has 0 spiro atoms. The Balaban J connectivity index is 2.23. The van der Waals surface area contributed by atoms with Gasteiger partial charge in [0.25, 0.3) is 0 Å². The van der Waals surface area contributed by atoms with E-state index in [0.717, 1.165) is 31.9 Å². The molecule has 0 aliphatic carbocycles. The molecular weight excluding hydrogens is 212 g/mol. The van der Waals surface area contributed by atoms with Crippen molar-refractivity contribution in [3.8, 4) is 12.1 Å². The van der Waals surface area contributed by atoms with E-state index in [1.54, 1.807) is 6.07 Å². The molecular formula is C13H14N4. The lowest BCUT2D eigenvalue weighted by molar-refractivity contribution is 0.313. The summed E-state index contributed by atoms with van der Waals surface area (Å²) in [4.78, 5) is 4.54. The van der Waals surface area contributed by atoms with Gasteiger partial charge in [-0.15, -0.1) is 0 Å². The van der Waals surface area contributed by atoms with Crippen molar-refractivity contribution in [1.82, 2.24) is 4.90 Å². The Morgan fingerprint density at radius 3 is 2.24 bits per heavy atom. The van der Waals surface area contributed by atoms with E-state index in [2.05, 4.69) is 22.9 Å². The van der Waals surface area contributed by atoms with Crippen LogP contribution in [-0.4, -0.2) is 38.1 Å². The summed E-state index contributed by atoms with van der Waals surface area (Å²) in [5, 5.41) is 17.9. The minimum absolute atomic E-state index is 0.449. The normalized spacial score (nSPS) is 16.3. The molecule has 4 heteroatoms. The molecule has 1 fully saturated rings. The molecule has 1 aromatic carbocycles. The lowest BCUT2D eigenvalue weighted by Crippen LogP contribution is -2.44. The van der Waals surface area contributed by atoms with Crippen molar-refractivity contribution in [3.63, 3.8) is 0 Å². The maximum atomic E-state index is 8.99. The first-order valence-electron chi connectivity index (χ1n) is 5.62. The van der Waals surface area contributed by atoms with E-state index in [4.69, 9.17) is 10.5 Å². The first kappa shape index (κ1) is 11.4. The van der Waals surface area contributed by atoms with Crippen molar-refractivity contribution in [2.45, 2.75) is 0 Å². The van der Waals surface area contributed by atoms with Gasteiger partial charge in [-0.2, -0.15) is 10.5 Å². The first-order valence-corrected chi connectivity index (χ1v) is 5.62. The Hall–Kier alpha value is -2.04. The molecule has 0 amide bonds. The minimum Gasteiger partial charge on any atom is -0.369 e. The fraction of sp³-hybridized carbons (Fsp3) is 0.385. The maximum Gasteiger partial charge on any atom is 0.101 e. The first-order chi connectivity index (χ1) is 8.24. The maximum absolute atomic E-state index is 8.99. The smallest absolute Gasteiger partial charge is 0.101 e. The molecule has 1 aliphatic rings. The molecule has 2 rings (SSSR count). The Bertz CT molecular complexity index is 487. The van der Waals surface area contributed by atoms with Gasteiger partial charge in [0, 0.05) is 31.9 Å². The van der Waals surface area contributed by atoms with Gasteiger partial charge in [0.05, 0.1) is 11.1 Å². The van der Waals surface area contributed by atoms with Gasteiger partial charge < -0.3 is 9.80 Å². The second-order valence-corrected chi connectivity index (χ2v) is 4.24. The number of rotatable bonds is 1. The zero-order valence-corrected chi connectivity index (χ0v) is 9.85. The lowest BCUT2D eigenvalue weighted by atomic mass is 10.1. The highest BCUT2D eigenvalue weighted by molar-refractivity contribution is 5.57. The second kappa shape index (κ2) is 4.86. The number of anilines is 1. The zero-order valence-electron chi connectivity index (χ0n) is 9.85. The average molecular weight is 226 g/mol. The summed E-state index contributed by atoms with van der Waals surface area (Å²) in [7, 11) is 2.11. The van der Waals surface area contributed by atoms with Gasteiger partial charge in [0.1, 0.15) is 12.1 Å². The molecule has 0 saturated carbocycles. The van der Waals surface area contributed by atoms with Crippen molar-refractivity contribution >= 4 is 5.69 Å². The van der Waals surface area contributed by atoms with Crippen molar-refractivity contribution in [3.05, 3.63) is 29.3 Å². The molecule has 0 atom stereocenters. The molecule has 0 aromatic heterocycles. The number of benzene rings is 1. The third kappa shape index (κ3) is 2.38. The number of hydrogen-bond donors (Lipinski definition) is 0. The molecule has 17 heavy (non-hydrogen) atoms. The number of hydrogen-bond acceptors (Lipinski definition) is 4. The van der Waals surface area contributed by atoms with Crippen LogP contribution in [-0.2, 0) is 0 Å². The Kier molecular flexibility index (Phi) is 3.27. The monoisotopic (exact) mass is 226 g/mol. The number of nitriles is 2. The van der Waals surface area contributed by atoms with Crippen LogP contribution in [0.2, 0.25) is 0 Å². The fourth-order valence-electron chi connectivity index (χ4n) is 1.98. The van der Waals surface area contributed by atoms with Crippen molar-refractivity contribution in [2.24, 2.45) is 0 Å². The summed E-state index contributed by atoms with van der Waals surface area (Å²) < 4.78 is 0.